The fraction of sp³-hybridized carbons (Fsp3) is 0.722. The van der Waals surface area contributed by atoms with Crippen LogP contribution in [-0.4, -0.2) is 61.6 Å². The predicted octanol–water partition coefficient (Wildman–Crippen LogP) is 2.34. The van der Waals surface area contributed by atoms with E-state index >= 15 is 0 Å². The van der Waals surface area contributed by atoms with Crippen LogP contribution in [0.25, 0.3) is 0 Å². The molecule has 0 bridgehead atoms. The van der Waals surface area contributed by atoms with Gasteiger partial charge in [-0.2, -0.15) is 0 Å². The highest BCUT2D eigenvalue weighted by Gasteiger charge is 2.34. The average molecular weight is 318 g/mol. The highest BCUT2D eigenvalue weighted by molar-refractivity contribution is 5.95. The van der Waals surface area contributed by atoms with Crippen molar-refractivity contribution in [3.8, 4) is 0 Å². The van der Waals surface area contributed by atoms with Crippen LogP contribution in [0.15, 0.2) is 16.7 Å². The summed E-state index contributed by atoms with van der Waals surface area (Å²) in [5.74, 6) is 2.16. The van der Waals surface area contributed by atoms with Crippen LogP contribution < -0.4 is 0 Å². The van der Waals surface area contributed by atoms with Crippen molar-refractivity contribution in [2.24, 2.45) is 5.92 Å². The molecule has 1 aromatic rings. The zero-order chi connectivity index (χ0) is 15.6. The predicted molar refractivity (Wildman–Crippen MR) is 86.6 cm³/mol. The molecule has 1 aromatic heterocycles. The number of rotatable bonds is 4. The van der Waals surface area contributed by atoms with E-state index in [1.807, 2.05) is 11.0 Å². The molecule has 2 saturated heterocycles. The number of morpholine rings is 1. The molecule has 1 saturated carbocycles. The van der Waals surface area contributed by atoms with Crippen molar-refractivity contribution in [3.63, 3.8) is 0 Å². The Labute approximate surface area is 137 Å². The number of nitrogens with zero attached hydrogens (tertiary/aromatic N) is 2. The molecule has 126 valence electrons. The largest absolute Gasteiger partial charge is 0.468 e. The molecule has 3 fully saturated rings. The van der Waals surface area contributed by atoms with Crippen molar-refractivity contribution in [1.82, 2.24) is 9.80 Å². The van der Waals surface area contributed by atoms with Gasteiger partial charge in [0.1, 0.15) is 5.76 Å². The van der Waals surface area contributed by atoms with Gasteiger partial charge in [0.05, 0.1) is 25.0 Å². The number of ether oxygens (including phenoxy) is 1. The van der Waals surface area contributed by atoms with Gasteiger partial charge in [-0.25, -0.2) is 0 Å². The molecule has 23 heavy (non-hydrogen) atoms. The van der Waals surface area contributed by atoms with E-state index in [0.29, 0.717) is 11.8 Å². The van der Waals surface area contributed by atoms with Crippen LogP contribution in [0.2, 0.25) is 0 Å². The topological polar surface area (TPSA) is 45.9 Å². The summed E-state index contributed by atoms with van der Waals surface area (Å²) < 4.78 is 11.0. The summed E-state index contributed by atoms with van der Waals surface area (Å²) in [6, 6.07) is 1.86. The maximum atomic E-state index is 12.9. The normalized spacial score (nSPS) is 26.4. The molecule has 0 spiro atoms. The molecule has 3 heterocycles. The fourth-order valence-corrected chi connectivity index (χ4v) is 3.88. The summed E-state index contributed by atoms with van der Waals surface area (Å²) in [6.07, 6.45) is 6.33. The van der Waals surface area contributed by atoms with E-state index in [0.717, 1.165) is 76.5 Å². The molecule has 1 amide bonds. The lowest BCUT2D eigenvalue weighted by Crippen LogP contribution is -2.46. The van der Waals surface area contributed by atoms with Gasteiger partial charge in [0.15, 0.2) is 0 Å². The summed E-state index contributed by atoms with van der Waals surface area (Å²) in [4.78, 5) is 17.4. The number of amides is 1. The van der Waals surface area contributed by atoms with Crippen molar-refractivity contribution >= 4 is 5.91 Å². The number of piperidine rings is 1. The Kier molecular flexibility index (Phi) is 4.40. The van der Waals surface area contributed by atoms with E-state index in [1.54, 1.807) is 6.26 Å². The third-order valence-electron chi connectivity index (χ3n) is 5.30. The maximum absolute atomic E-state index is 12.9. The quantitative estimate of drug-likeness (QED) is 0.855. The Balaban J connectivity index is 1.38. The lowest BCUT2D eigenvalue weighted by molar-refractivity contribution is 0.0223. The minimum Gasteiger partial charge on any atom is -0.468 e. The molecule has 1 aliphatic carbocycles. The molecule has 5 nitrogen and oxygen atoms in total. The van der Waals surface area contributed by atoms with Crippen molar-refractivity contribution in [3.05, 3.63) is 23.7 Å². The molecule has 5 heteroatoms. The van der Waals surface area contributed by atoms with Gasteiger partial charge in [-0.3, -0.25) is 9.69 Å². The summed E-state index contributed by atoms with van der Waals surface area (Å²) >= 11 is 0. The van der Waals surface area contributed by atoms with Gasteiger partial charge in [0, 0.05) is 38.6 Å². The first-order valence-corrected chi connectivity index (χ1v) is 8.98. The van der Waals surface area contributed by atoms with Crippen molar-refractivity contribution in [1.29, 1.82) is 0 Å². The maximum Gasteiger partial charge on any atom is 0.257 e. The molecule has 3 aliphatic rings. The minimum absolute atomic E-state index is 0.173. The first-order chi connectivity index (χ1) is 11.3. The number of hydrogen-bond donors (Lipinski definition) is 0. The molecule has 1 unspecified atom stereocenters. The van der Waals surface area contributed by atoms with Crippen LogP contribution in [0.1, 0.15) is 47.7 Å². The number of likely N-dealkylation sites (tertiary alicyclic amines) is 1. The number of furan rings is 1. The van der Waals surface area contributed by atoms with Gasteiger partial charge in [-0.15, -0.1) is 0 Å². The van der Waals surface area contributed by atoms with E-state index in [-0.39, 0.29) is 5.91 Å². The summed E-state index contributed by atoms with van der Waals surface area (Å²) in [5.41, 5.74) is 0.805. The third-order valence-corrected chi connectivity index (χ3v) is 5.30. The van der Waals surface area contributed by atoms with Crippen molar-refractivity contribution in [2.75, 3.05) is 45.9 Å². The lowest BCUT2D eigenvalue weighted by Gasteiger charge is -2.36. The van der Waals surface area contributed by atoms with Gasteiger partial charge in [0.25, 0.3) is 5.91 Å². The van der Waals surface area contributed by atoms with Gasteiger partial charge in [-0.05, 0) is 37.7 Å². The summed E-state index contributed by atoms with van der Waals surface area (Å²) in [5, 5.41) is 0. The van der Waals surface area contributed by atoms with E-state index in [4.69, 9.17) is 9.15 Å². The number of carbonyl (C=O) groups is 1. The van der Waals surface area contributed by atoms with E-state index in [1.165, 1.54) is 6.42 Å². The van der Waals surface area contributed by atoms with Gasteiger partial charge in [-0.1, -0.05) is 0 Å². The Bertz CT molecular complexity index is 546. The van der Waals surface area contributed by atoms with Gasteiger partial charge < -0.3 is 14.1 Å². The van der Waals surface area contributed by atoms with Crippen LogP contribution in [-0.2, 0) is 4.74 Å². The molecule has 0 aromatic carbocycles. The zero-order valence-electron chi connectivity index (χ0n) is 13.7. The van der Waals surface area contributed by atoms with Crippen LogP contribution in [0.4, 0.5) is 0 Å². The standard InChI is InChI=1S/C18H26N2O3/c21-18(16-5-9-23-17(16)15-3-4-15)20-6-1-2-14(13-20)12-19-7-10-22-11-8-19/h5,9,14-15H,1-4,6-8,10-13H2. The van der Waals surface area contributed by atoms with Gasteiger partial charge >= 0.3 is 0 Å². The highest BCUT2D eigenvalue weighted by Crippen LogP contribution is 2.42. The second-order valence-corrected chi connectivity index (χ2v) is 7.15. The Morgan fingerprint density at radius 3 is 2.78 bits per heavy atom. The second kappa shape index (κ2) is 6.65. The SMILES string of the molecule is O=C(c1ccoc1C1CC1)N1CCCC(CN2CCOCC2)C1. The summed E-state index contributed by atoms with van der Waals surface area (Å²) in [6.45, 7) is 6.59. The summed E-state index contributed by atoms with van der Waals surface area (Å²) in [7, 11) is 0. The fourth-order valence-electron chi connectivity index (χ4n) is 3.88. The van der Waals surface area contributed by atoms with Crippen molar-refractivity contribution in [2.45, 2.75) is 31.6 Å². The molecular formula is C18H26N2O3. The van der Waals surface area contributed by atoms with E-state index in [9.17, 15) is 4.79 Å². The lowest BCUT2D eigenvalue weighted by atomic mass is 9.96. The monoisotopic (exact) mass is 318 g/mol. The van der Waals surface area contributed by atoms with Crippen LogP contribution in [0.5, 0.6) is 0 Å². The van der Waals surface area contributed by atoms with Crippen LogP contribution in [0.3, 0.4) is 0 Å². The minimum atomic E-state index is 0.173. The second-order valence-electron chi connectivity index (χ2n) is 7.15. The highest BCUT2D eigenvalue weighted by atomic mass is 16.5. The Hall–Kier alpha value is -1.33. The number of hydrogen-bond acceptors (Lipinski definition) is 4. The first kappa shape index (κ1) is 15.2. The smallest absolute Gasteiger partial charge is 0.257 e. The Morgan fingerprint density at radius 2 is 2.00 bits per heavy atom. The van der Waals surface area contributed by atoms with Gasteiger partial charge in [0.2, 0.25) is 0 Å². The van der Waals surface area contributed by atoms with Crippen LogP contribution in [0, 0.1) is 5.92 Å². The van der Waals surface area contributed by atoms with Crippen molar-refractivity contribution < 1.29 is 13.9 Å². The van der Waals surface area contributed by atoms with Crippen LogP contribution >= 0.6 is 0 Å². The van der Waals surface area contributed by atoms with E-state index < -0.39 is 0 Å². The Morgan fingerprint density at radius 1 is 1.17 bits per heavy atom. The number of carbonyl (C=O) groups excluding carboxylic acids is 1. The van der Waals surface area contributed by atoms with E-state index in [2.05, 4.69) is 4.90 Å². The molecule has 2 aliphatic heterocycles. The molecule has 0 radical (unpaired) electrons. The first-order valence-electron chi connectivity index (χ1n) is 8.98. The average Bonchev–Trinajstić information content (AvgIpc) is 3.32. The zero-order valence-corrected chi connectivity index (χ0v) is 13.7. The molecular weight excluding hydrogens is 292 g/mol. The third kappa shape index (κ3) is 3.45. The molecule has 0 N–H and O–H groups in total. The molecule has 4 rings (SSSR count). The molecule has 1 atom stereocenters.